The van der Waals surface area contributed by atoms with Gasteiger partial charge in [0.2, 0.25) is 5.91 Å². The largest absolute Gasteiger partial charge is 0.323 e. The number of nitrogens with zero attached hydrogens (tertiary/aromatic N) is 1. The molecular weight excluding hydrogens is 339 g/mol. The van der Waals surface area contributed by atoms with E-state index >= 15 is 0 Å². The van der Waals surface area contributed by atoms with Gasteiger partial charge in [-0.25, -0.2) is 12.8 Å². The molecule has 0 aliphatic heterocycles. The van der Waals surface area contributed by atoms with Crippen LogP contribution in [0.3, 0.4) is 0 Å². The molecule has 0 saturated carbocycles. The Morgan fingerprint density at radius 2 is 2.13 bits per heavy atom. The molecule has 1 N–H and O–H groups in total. The van der Waals surface area contributed by atoms with Crippen LogP contribution >= 0.6 is 11.8 Å². The van der Waals surface area contributed by atoms with E-state index in [-0.39, 0.29) is 16.3 Å². The summed E-state index contributed by atoms with van der Waals surface area (Å²) in [6.45, 7) is 0. The standard InChI is InChI=1S/C15H15FN2O3S2/c1-23(20,21)12-4-5-13(16)14(7-12)18-15(19)10-22-9-11-3-2-6-17-8-11/h2-8H,9-10H2,1H3,(H,18,19). The van der Waals surface area contributed by atoms with Crippen LogP contribution in [0.25, 0.3) is 0 Å². The molecule has 1 aromatic carbocycles. The van der Waals surface area contributed by atoms with Crippen molar-refractivity contribution in [3.63, 3.8) is 0 Å². The molecule has 2 aromatic rings. The van der Waals surface area contributed by atoms with E-state index in [1.165, 1.54) is 11.8 Å². The third-order valence-electron chi connectivity index (χ3n) is 2.86. The fourth-order valence-electron chi connectivity index (χ4n) is 1.76. The number of carbonyl (C=O) groups is 1. The predicted octanol–water partition coefficient (Wildman–Crippen LogP) is 2.50. The Hall–Kier alpha value is -1.93. The minimum absolute atomic E-state index is 0.0442. The Balaban J connectivity index is 1.95. The summed E-state index contributed by atoms with van der Waals surface area (Å²) >= 11 is 1.36. The zero-order valence-electron chi connectivity index (χ0n) is 12.3. The van der Waals surface area contributed by atoms with E-state index in [4.69, 9.17) is 0 Å². The van der Waals surface area contributed by atoms with Gasteiger partial charge in [-0.05, 0) is 29.8 Å². The van der Waals surface area contributed by atoms with Crippen molar-refractivity contribution >= 4 is 33.2 Å². The van der Waals surface area contributed by atoms with Gasteiger partial charge >= 0.3 is 0 Å². The Kier molecular flexibility index (Phi) is 5.73. The second-order valence-electron chi connectivity index (χ2n) is 4.82. The van der Waals surface area contributed by atoms with Gasteiger partial charge < -0.3 is 5.32 Å². The smallest absolute Gasteiger partial charge is 0.234 e. The highest BCUT2D eigenvalue weighted by Crippen LogP contribution is 2.20. The maximum Gasteiger partial charge on any atom is 0.234 e. The molecule has 0 unspecified atom stereocenters. The Bertz CT molecular complexity index is 796. The number of halogens is 1. The number of hydrogen-bond acceptors (Lipinski definition) is 5. The average molecular weight is 354 g/mol. The maximum atomic E-state index is 13.7. The molecule has 1 aromatic heterocycles. The van der Waals surface area contributed by atoms with Crippen molar-refractivity contribution in [3.05, 3.63) is 54.1 Å². The lowest BCUT2D eigenvalue weighted by atomic mass is 10.3. The van der Waals surface area contributed by atoms with Crippen molar-refractivity contribution in [1.82, 2.24) is 4.98 Å². The summed E-state index contributed by atoms with van der Waals surface area (Å²) in [6, 6.07) is 7.01. The third-order valence-corrected chi connectivity index (χ3v) is 4.98. The first-order chi connectivity index (χ1) is 10.9. The Morgan fingerprint density at radius 3 is 2.78 bits per heavy atom. The third kappa shape index (κ3) is 5.33. The molecule has 23 heavy (non-hydrogen) atoms. The van der Waals surface area contributed by atoms with Crippen LogP contribution in [0.1, 0.15) is 5.56 Å². The Morgan fingerprint density at radius 1 is 1.35 bits per heavy atom. The second-order valence-corrected chi connectivity index (χ2v) is 7.82. The van der Waals surface area contributed by atoms with Crippen molar-refractivity contribution in [2.45, 2.75) is 10.6 Å². The van der Waals surface area contributed by atoms with Gasteiger partial charge in [-0.2, -0.15) is 0 Å². The number of sulfone groups is 1. The molecule has 8 heteroatoms. The molecule has 2 rings (SSSR count). The van der Waals surface area contributed by atoms with E-state index < -0.39 is 21.6 Å². The van der Waals surface area contributed by atoms with Crippen molar-refractivity contribution < 1.29 is 17.6 Å². The van der Waals surface area contributed by atoms with Gasteiger partial charge in [-0.3, -0.25) is 9.78 Å². The van der Waals surface area contributed by atoms with Crippen LogP contribution in [0, 0.1) is 5.82 Å². The quantitative estimate of drug-likeness (QED) is 0.807. The van der Waals surface area contributed by atoms with Crippen LogP contribution in [-0.2, 0) is 20.4 Å². The highest BCUT2D eigenvalue weighted by molar-refractivity contribution is 7.99. The van der Waals surface area contributed by atoms with E-state index in [9.17, 15) is 17.6 Å². The molecule has 0 atom stereocenters. The van der Waals surface area contributed by atoms with Crippen molar-refractivity contribution in [2.75, 3.05) is 17.3 Å². The number of amides is 1. The SMILES string of the molecule is CS(=O)(=O)c1ccc(F)c(NC(=O)CSCc2cccnc2)c1. The van der Waals surface area contributed by atoms with Gasteiger partial charge in [0.1, 0.15) is 5.82 Å². The summed E-state index contributed by atoms with van der Waals surface area (Å²) in [7, 11) is -3.46. The number of aromatic nitrogens is 1. The van der Waals surface area contributed by atoms with E-state index in [1.807, 2.05) is 12.1 Å². The van der Waals surface area contributed by atoms with Crippen LogP contribution < -0.4 is 5.32 Å². The molecule has 0 saturated heterocycles. The van der Waals surface area contributed by atoms with Crippen LogP contribution in [0.15, 0.2) is 47.6 Å². The number of benzene rings is 1. The van der Waals surface area contributed by atoms with Crippen LogP contribution in [-0.4, -0.2) is 31.3 Å². The van der Waals surface area contributed by atoms with Gasteiger partial charge in [0.15, 0.2) is 9.84 Å². The Labute approximate surface area is 138 Å². The van der Waals surface area contributed by atoms with Gasteiger partial charge in [0.05, 0.1) is 16.3 Å². The topological polar surface area (TPSA) is 76.1 Å². The summed E-state index contributed by atoms with van der Waals surface area (Å²) in [5, 5.41) is 2.39. The molecule has 0 aliphatic rings. The first kappa shape index (κ1) is 17.4. The van der Waals surface area contributed by atoms with E-state index in [0.29, 0.717) is 5.75 Å². The monoisotopic (exact) mass is 354 g/mol. The molecule has 0 radical (unpaired) electrons. The fraction of sp³-hybridized carbons (Fsp3) is 0.200. The summed E-state index contributed by atoms with van der Waals surface area (Å²) in [6.07, 6.45) is 4.40. The molecule has 0 bridgehead atoms. The molecule has 1 heterocycles. The summed E-state index contributed by atoms with van der Waals surface area (Å²) in [5.41, 5.74) is 0.843. The van der Waals surface area contributed by atoms with E-state index in [2.05, 4.69) is 10.3 Å². The molecule has 0 fully saturated rings. The first-order valence-corrected chi connectivity index (χ1v) is 9.67. The minimum atomic E-state index is -3.46. The highest BCUT2D eigenvalue weighted by atomic mass is 32.2. The van der Waals surface area contributed by atoms with Gasteiger partial charge in [-0.15, -0.1) is 11.8 Å². The lowest BCUT2D eigenvalue weighted by Crippen LogP contribution is -2.15. The number of thioether (sulfide) groups is 1. The highest BCUT2D eigenvalue weighted by Gasteiger charge is 2.13. The number of rotatable bonds is 6. The number of anilines is 1. The van der Waals surface area contributed by atoms with Crippen LogP contribution in [0.2, 0.25) is 0 Å². The fourth-order valence-corrected chi connectivity index (χ4v) is 3.18. The summed E-state index contributed by atoms with van der Waals surface area (Å²) < 4.78 is 36.6. The van der Waals surface area contributed by atoms with Crippen molar-refractivity contribution in [3.8, 4) is 0 Å². The lowest BCUT2D eigenvalue weighted by Gasteiger charge is -2.08. The lowest BCUT2D eigenvalue weighted by molar-refractivity contribution is -0.113. The second kappa shape index (κ2) is 7.56. The molecule has 1 amide bonds. The summed E-state index contributed by atoms with van der Waals surface area (Å²) in [4.78, 5) is 15.8. The van der Waals surface area contributed by atoms with E-state index in [0.717, 1.165) is 30.0 Å². The molecular formula is C15H15FN2O3S2. The van der Waals surface area contributed by atoms with Crippen LogP contribution in [0.4, 0.5) is 10.1 Å². The molecule has 122 valence electrons. The van der Waals surface area contributed by atoms with Gasteiger partial charge in [0.25, 0.3) is 0 Å². The first-order valence-electron chi connectivity index (χ1n) is 6.62. The summed E-state index contributed by atoms with van der Waals surface area (Å²) in [5.74, 6) is -0.351. The zero-order valence-corrected chi connectivity index (χ0v) is 14.0. The molecule has 0 aliphatic carbocycles. The number of pyridine rings is 1. The normalized spacial score (nSPS) is 11.2. The van der Waals surface area contributed by atoms with Gasteiger partial charge in [0, 0.05) is 24.4 Å². The minimum Gasteiger partial charge on any atom is -0.323 e. The number of carbonyl (C=O) groups excluding carboxylic acids is 1. The number of hydrogen-bond donors (Lipinski definition) is 1. The molecule has 5 nitrogen and oxygen atoms in total. The zero-order chi connectivity index (χ0) is 16.9. The average Bonchev–Trinajstić information content (AvgIpc) is 2.49. The maximum absolute atomic E-state index is 13.7. The van der Waals surface area contributed by atoms with Crippen LogP contribution in [0.5, 0.6) is 0 Å². The predicted molar refractivity (Wildman–Crippen MR) is 88.5 cm³/mol. The molecule has 0 spiro atoms. The van der Waals surface area contributed by atoms with Gasteiger partial charge in [-0.1, -0.05) is 6.07 Å². The van der Waals surface area contributed by atoms with E-state index in [1.54, 1.807) is 12.4 Å². The van der Waals surface area contributed by atoms with Crippen molar-refractivity contribution in [2.24, 2.45) is 0 Å². The van der Waals surface area contributed by atoms with Crippen molar-refractivity contribution in [1.29, 1.82) is 0 Å². The number of nitrogens with one attached hydrogen (secondary N) is 1.